The fourth-order valence-corrected chi connectivity index (χ4v) is 3.06. The van der Waals surface area contributed by atoms with Crippen LogP contribution in [0.25, 0.3) is 0 Å². The van der Waals surface area contributed by atoms with E-state index in [1.807, 2.05) is 13.8 Å². The predicted molar refractivity (Wildman–Crippen MR) is 70.8 cm³/mol. The molecule has 0 bridgehead atoms. The van der Waals surface area contributed by atoms with E-state index in [1.165, 1.54) is 10.4 Å². The van der Waals surface area contributed by atoms with Gasteiger partial charge in [-0.25, -0.2) is 8.42 Å². The molecule has 1 rings (SSSR count). The molecule has 1 aromatic heterocycles. The van der Waals surface area contributed by atoms with E-state index in [4.69, 9.17) is 4.42 Å². The van der Waals surface area contributed by atoms with Gasteiger partial charge in [0.1, 0.15) is 5.76 Å². The third-order valence-electron chi connectivity index (χ3n) is 2.95. The molecule has 1 unspecified atom stereocenters. The van der Waals surface area contributed by atoms with E-state index in [2.05, 4.69) is 5.32 Å². The number of rotatable bonds is 7. The summed E-state index contributed by atoms with van der Waals surface area (Å²) in [6, 6.07) is 3.16. The van der Waals surface area contributed by atoms with Gasteiger partial charge < -0.3 is 9.73 Å². The number of sulfonamides is 1. The van der Waals surface area contributed by atoms with Gasteiger partial charge in [0.15, 0.2) is 0 Å². The first-order chi connectivity index (χ1) is 8.43. The maximum absolute atomic E-state index is 12.3. The zero-order valence-electron chi connectivity index (χ0n) is 11.4. The molecule has 0 fully saturated rings. The van der Waals surface area contributed by atoms with Crippen LogP contribution in [0, 0.1) is 0 Å². The predicted octanol–water partition coefficient (Wildman–Crippen LogP) is 1.81. The summed E-state index contributed by atoms with van der Waals surface area (Å²) in [5.41, 5.74) is 0. The zero-order chi connectivity index (χ0) is 13.8. The highest BCUT2D eigenvalue weighted by Gasteiger charge is 2.27. The summed E-state index contributed by atoms with van der Waals surface area (Å²) in [4.78, 5) is 0. The maximum atomic E-state index is 12.3. The van der Waals surface area contributed by atoms with Crippen LogP contribution in [-0.2, 0) is 16.6 Å². The molecule has 0 aliphatic heterocycles. The molecule has 0 aromatic carbocycles. The fraction of sp³-hybridized carbons (Fsp3) is 0.667. The second-order valence-electron chi connectivity index (χ2n) is 4.41. The SMILES string of the molecule is CCCC(C)N(C)S(=O)(=O)c1ccc(CNC)o1. The van der Waals surface area contributed by atoms with Gasteiger partial charge in [-0.2, -0.15) is 4.31 Å². The summed E-state index contributed by atoms with van der Waals surface area (Å²) in [7, 11) is -0.142. The van der Waals surface area contributed by atoms with Crippen LogP contribution in [0.3, 0.4) is 0 Å². The van der Waals surface area contributed by atoms with Crippen LogP contribution >= 0.6 is 0 Å². The quantitative estimate of drug-likeness (QED) is 0.823. The molecule has 0 aliphatic rings. The minimum atomic E-state index is -3.52. The number of hydrogen-bond donors (Lipinski definition) is 1. The van der Waals surface area contributed by atoms with Crippen LogP contribution in [0.15, 0.2) is 21.6 Å². The number of nitrogens with zero attached hydrogens (tertiary/aromatic N) is 1. The lowest BCUT2D eigenvalue weighted by Crippen LogP contribution is -2.34. The first-order valence-corrected chi connectivity index (χ1v) is 7.58. The van der Waals surface area contributed by atoms with Crippen molar-refractivity contribution in [2.24, 2.45) is 0 Å². The first-order valence-electron chi connectivity index (χ1n) is 6.14. The molecule has 0 saturated heterocycles. The Morgan fingerprint density at radius 2 is 2.11 bits per heavy atom. The van der Waals surface area contributed by atoms with Crippen LogP contribution in [0.1, 0.15) is 32.4 Å². The normalized spacial score (nSPS) is 14.1. The standard InChI is InChI=1S/C12H22N2O3S/c1-5-6-10(2)14(4)18(15,16)12-8-7-11(17-12)9-13-3/h7-8,10,13H,5-6,9H2,1-4H3. The second kappa shape index (κ2) is 6.36. The number of hydrogen-bond acceptors (Lipinski definition) is 4. The van der Waals surface area contributed by atoms with Gasteiger partial charge in [0.2, 0.25) is 5.09 Å². The van der Waals surface area contributed by atoms with Crippen molar-refractivity contribution in [3.05, 3.63) is 17.9 Å². The van der Waals surface area contributed by atoms with E-state index in [0.717, 1.165) is 12.8 Å². The van der Waals surface area contributed by atoms with E-state index in [9.17, 15) is 8.42 Å². The van der Waals surface area contributed by atoms with Crippen molar-refractivity contribution < 1.29 is 12.8 Å². The van der Waals surface area contributed by atoms with E-state index >= 15 is 0 Å². The minimum Gasteiger partial charge on any atom is -0.447 e. The third kappa shape index (κ3) is 3.34. The fourth-order valence-electron chi connectivity index (χ4n) is 1.74. The monoisotopic (exact) mass is 274 g/mol. The van der Waals surface area contributed by atoms with Crippen LogP contribution in [0.5, 0.6) is 0 Å². The van der Waals surface area contributed by atoms with E-state index < -0.39 is 10.0 Å². The molecule has 0 spiro atoms. The Balaban J connectivity index is 2.90. The average molecular weight is 274 g/mol. The lowest BCUT2D eigenvalue weighted by molar-refractivity contribution is 0.342. The molecule has 1 aromatic rings. The van der Waals surface area contributed by atoms with Gasteiger partial charge >= 0.3 is 0 Å². The van der Waals surface area contributed by atoms with Crippen molar-refractivity contribution in [1.82, 2.24) is 9.62 Å². The summed E-state index contributed by atoms with van der Waals surface area (Å²) in [6.45, 7) is 4.46. The lowest BCUT2D eigenvalue weighted by Gasteiger charge is -2.22. The first kappa shape index (κ1) is 15.2. The molecule has 5 nitrogen and oxygen atoms in total. The Kier molecular flexibility index (Phi) is 5.37. The molecule has 1 heterocycles. The summed E-state index contributed by atoms with van der Waals surface area (Å²) in [6.07, 6.45) is 1.78. The van der Waals surface area contributed by atoms with E-state index in [1.54, 1.807) is 20.2 Å². The van der Waals surface area contributed by atoms with Crippen LogP contribution in [-0.4, -0.2) is 32.9 Å². The average Bonchev–Trinajstić information content (AvgIpc) is 2.78. The summed E-state index contributed by atoms with van der Waals surface area (Å²) < 4.78 is 31.3. The largest absolute Gasteiger partial charge is 0.447 e. The molecule has 1 atom stereocenters. The Morgan fingerprint density at radius 3 is 2.67 bits per heavy atom. The molecule has 0 aliphatic carbocycles. The number of nitrogens with one attached hydrogen (secondary N) is 1. The molecule has 6 heteroatoms. The second-order valence-corrected chi connectivity index (χ2v) is 6.34. The highest BCUT2D eigenvalue weighted by atomic mass is 32.2. The Hall–Kier alpha value is -0.850. The van der Waals surface area contributed by atoms with E-state index in [-0.39, 0.29) is 11.1 Å². The van der Waals surface area contributed by atoms with Crippen LogP contribution in [0.4, 0.5) is 0 Å². The van der Waals surface area contributed by atoms with Gasteiger partial charge in [-0.3, -0.25) is 0 Å². The van der Waals surface area contributed by atoms with Crippen molar-refractivity contribution in [3.63, 3.8) is 0 Å². The molecular formula is C12H22N2O3S. The van der Waals surface area contributed by atoms with Crippen molar-refractivity contribution in [2.75, 3.05) is 14.1 Å². The Morgan fingerprint density at radius 1 is 1.44 bits per heavy atom. The van der Waals surface area contributed by atoms with Gasteiger partial charge in [-0.05, 0) is 32.5 Å². The molecule has 1 N–H and O–H groups in total. The smallest absolute Gasteiger partial charge is 0.276 e. The molecular weight excluding hydrogens is 252 g/mol. The highest BCUT2D eigenvalue weighted by molar-refractivity contribution is 7.89. The van der Waals surface area contributed by atoms with Gasteiger partial charge in [0.25, 0.3) is 10.0 Å². The minimum absolute atomic E-state index is 0.0122. The van der Waals surface area contributed by atoms with Gasteiger partial charge in [0, 0.05) is 13.1 Å². The topological polar surface area (TPSA) is 62.6 Å². The summed E-state index contributed by atoms with van der Waals surface area (Å²) in [5.74, 6) is 0.618. The van der Waals surface area contributed by atoms with Crippen LogP contribution < -0.4 is 5.32 Å². The Bertz CT molecular complexity index is 467. The van der Waals surface area contributed by atoms with Crippen molar-refractivity contribution in [2.45, 2.75) is 44.4 Å². The maximum Gasteiger partial charge on any atom is 0.276 e. The molecule has 0 radical (unpaired) electrons. The van der Waals surface area contributed by atoms with Crippen molar-refractivity contribution in [3.8, 4) is 0 Å². The summed E-state index contributed by atoms with van der Waals surface area (Å²) in [5, 5.41) is 2.93. The van der Waals surface area contributed by atoms with E-state index in [0.29, 0.717) is 12.3 Å². The summed E-state index contributed by atoms with van der Waals surface area (Å²) >= 11 is 0. The van der Waals surface area contributed by atoms with Gasteiger partial charge in [-0.15, -0.1) is 0 Å². The highest BCUT2D eigenvalue weighted by Crippen LogP contribution is 2.20. The van der Waals surface area contributed by atoms with Crippen LogP contribution in [0.2, 0.25) is 0 Å². The lowest BCUT2D eigenvalue weighted by atomic mass is 10.2. The van der Waals surface area contributed by atoms with Gasteiger partial charge in [-0.1, -0.05) is 13.3 Å². The zero-order valence-corrected chi connectivity index (χ0v) is 12.3. The molecule has 18 heavy (non-hydrogen) atoms. The molecule has 104 valence electrons. The number of furan rings is 1. The van der Waals surface area contributed by atoms with Crippen molar-refractivity contribution >= 4 is 10.0 Å². The Labute approximate surface area is 109 Å². The third-order valence-corrected chi connectivity index (χ3v) is 4.79. The van der Waals surface area contributed by atoms with Gasteiger partial charge in [0.05, 0.1) is 6.54 Å². The molecule has 0 saturated carbocycles. The molecule has 0 amide bonds. The van der Waals surface area contributed by atoms with Crippen molar-refractivity contribution in [1.29, 1.82) is 0 Å².